The van der Waals surface area contributed by atoms with Gasteiger partial charge in [0, 0.05) is 29.6 Å². The number of nitrogens with one attached hydrogen (secondary N) is 2. The van der Waals surface area contributed by atoms with Gasteiger partial charge in [0.2, 0.25) is 11.8 Å². The fourth-order valence-electron chi connectivity index (χ4n) is 5.03. The third-order valence-electron chi connectivity index (χ3n) is 7.90. The van der Waals surface area contributed by atoms with Gasteiger partial charge in [-0.2, -0.15) is 13.2 Å². The van der Waals surface area contributed by atoms with Crippen LogP contribution in [0.4, 0.5) is 18.9 Å². The third-order valence-corrected chi connectivity index (χ3v) is 7.90. The topological polar surface area (TPSA) is 97.1 Å². The second-order valence-corrected chi connectivity index (χ2v) is 11.5. The van der Waals surface area contributed by atoms with E-state index in [1.807, 2.05) is 67.6 Å². The zero-order valence-electron chi connectivity index (χ0n) is 23.6. The van der Waals surface area contributed by atoms with Crippen LogP contribution in [0.5, 0.6) is 0 Å². The van der Waals surface area contributed by atoms with Gasteiger partial charge in [-0.3, -0.25) is 14.6 Å². The van der Waals surface area contributed by atoms with Crippen molar-refractivity contribution in [2.24, 2.45) is 17.1 Å². The molecule has 4 rings (SSSR count). The van der Waals surface area contributed by atoms with E-state index in [4.69, 9.17) is 10.7 Å². The maximum Gasteiger partial charge on any atom is 0.402 e. The van der Waals surface area contributed by atoms with Gasteiger partial charge in [0.25, 0.3) is 0 Å². The number of rotatable bonds is 8. The lowest BCUT2D eigenvalue weighted by molar-refractivity contribution is -0.211. The van der Waals surface area contributed by atoms with Crippen molar-refractivity contribution in [3.63, 3.8) is 0 Å². The molecule has 41 heavy (non-hydrogen) atoms. The van der Waals surface area contributed by atoms with Crippen molar-refractivity contribution in [2.75, 3.05) is 5.32 Å². The molecule has 6 nitrogen and oxygen atoms in total. The first kappa shape index (κ1) is 30.2. The van der Waals surface area contributed by atoms with Crippen molar-refractivity contribution in [3.8, 4) is 22.4 Å². The van der Waals surface area contributed by atoms with Gasteiger partial charge >= 0.3 is 6.18 Å². The van der Waals surface area contributed by atoms with Crippen molar-refractivity contribution in [3.05, 3.63) is 72.4 Å². The number of nitrogens with two attached hydrogens (primary N) is 1. The van der Waals surface area contributed by atoms with Gasteiger partial charge in [0.15, 0.2) is 0 Å². The van der Waals surface area contributed by atoms with Crippen molar-refractivity contribution < 1.29 is 22.8 Å². The average molecular weight is 567 g/mol. The molecule has 0 unspecified atom stereocenters. The molecule has 0 spiro atoms. The van der Waals surface area contributed by atoms with Crippen LogP contribution >= 0.6 is 0 Å². The lowest BCUT2D eigenvalue weighted by Crippen LogP contribution is -2.50. The van der Waals surface area contributed by atoms with E-state index >= 15 is 0 Å². The van der Waals surface area contributed by atoms with Gasteiger partial charge in [0.1, 0.15) is 5.41 Å². The summed E-state index contributed by atoms with van der Waals surface area (Å²) in [4.78, 5) is 29.9. The maximum absolute atomic E-state index is 13.2. The summed E-state index contributed by atoms with van der Waals surface area (Å²) in [6, 6.07) is 19.3. The Hall–Kier alpha value is -3.72. The number of hydrogen-bond acceptors (Lipinski definition) is 4. The summed E-state index contributed by atoms with van der Waals surface area (Å²) in [6.45, 7) is 3.71. The molecule has 218 valence electrons. The van der Waals surface area contributed by atoms with E-state index in [-0.39, 0.29) is 30.3 Å². The molecule has 1 heterocycles. The number of carbonyl (C=O) groups is 2. The van der Waals surface area contributed by atoms with Crippen LogP contribution in [0.1, 0.15) is 64.5 Å². The molecule has 2 aromatic carbocycles. The first-order chi connectivity index (χ1) is 19.3. The Labute approximate surface area is 238 Å². The number of hydrogen-bond donors (Lipinski definition) is 3. The molecular formula is C32H37F3N4O2. The molecule has 0 radical (unpaired) electrons. The van der Waals surface area contributed by atoms with E-state index in [9.17, 15) is 22.8 Å². The highest BCUT2D eigenvalue weighted by Gasteiger charge is 2.53. The minimum atomic E-state index is -4.62. The summed E-state index contributed by atoms with van der Waals surface area (Å²) in [5, 5.41) is 5.52. The van der Waals surface area contributed by atoms with Gasteiger partial charge < -0.3 is 16.4 Å². The third kappa shape index (κ3) is 7.33. The van der Waals surface area contributed by atoms with Gasteiger partial charge in [0.05, 0.1) is 17.6 Å². The molecule has 1 aliphatic carbocycles. The Morgan fingerprint density at radius 1 is 0.976 bits per heavy atom. The highest BCUT2D eigenvalue weighted by molar-refractivity contribution is 5.93. The molecule has 0 aliphatic heterocycles. The van der Waals surface area contributed by atoms with Crippen LogP contribution < -0.4 is 16.4 Å². The number of aromatic nitrogens is 1. The lowest BCUT2D eigenvalue weighted by atomic mass is 9.83. The Morgan fingerprint density at radius 3 is 2.20 bits per heavy atom. The predicted molar refractivity (Wildman–Crippen MR) is 155 cm³/mol. The standard InChI is InChI=1S/C32H37F3N4O2/c1-20(36)22-11-13-24(14-12-22)29-27(23-7-5-4-6-8-23)18-26(19-37-29)38-28(40)17-21-9-15-25(16-10-21)39-30(41)31(2,3)32(33,34)35/h4-8,11-14,18-21,25H,9-10,15-17,36H2,1-3H3,(H,38,40)(H,39,41)/t20-,21-,25-/m1/s1. The van der Waals surface area contributed by atoms with Crippen molar-refractivity contribution >= 4 is 17.5 Å². The molecule has 2 amide bonds. The number of pyridine rings is 1. The highest BCUT2D eigenvalue weighted by Crippen LogP contribution is 2.38. The van der Waals surface area contributed by atoms with Crippen LogP contribution in [0.2, 0.25) is 0 Å². The number of amides is 2. The molecule has 0 bridgehead atoms. The Morgan fingerprint density at radius 2 is 1.61 bits per heavy atom. The number of alkyl halides is 3. The quantitative estimate of drug-likeness (QED) is 0.273. The summed E-state index contributed by atoms with van der Waals surface area (Å²) in [5.74, 6) is -1.07. The van der Waals surface area contributed by atoms with Gasteiger partial charge in [-0.05, 0) is 69.6 Å². The van der Waals surface area contributed by atoms with E-state index in [0.29, 0.717) is 31.4 Å². The first-order valence-electron chi connectivity index (χ1n) is 13.9. The van der Waals surface area contributed by atoms with Crippen LogP contribution in [0.15, 0.2) is 66.9 Å². The summed E-state index contributed by atoms with van der Waals surface area (Å²) in [7, 11) is 0. The molecule has 1 fully saturated rings. The van der Waals surface area contributed by atoms with Crippen LogP contribution in [0.25, 0.3) is 22.4 Å². The second kappa shape index (κ2) is 12.4. The van der Waals surface area contributed by atoms with E-state index < -0.39 is 17.5 Å². The maximum atomic E-state index is 13.2. The normalized spacial score (nSPS) is 18.4. The minimum absolute atomic E-state index is 0.0708. The van der Waals surface area contributed by atoms with Gasteiger partial charge in [-0.1, -0.05) is 54.6 Å². The smallest absolute Gasteiger partial charge is 0.353 e. The van der Waals surface area contributed by atoms with Crippen LogP contribution in [0, 0.1) is 11.3 Å². The average Bonchev–Trinajstić information content (AvgIpc) is 2.94. The number of carbonyl (C=O) groups excluding carboxylic acids is 2. The van der Waals surface area contributed by atoms with Crippen molar-refractivity contribution in [2.45, 2.75) is 71.1 Å². The van der Waals surface area contributed by atoms with Gasteiger partial charge in [-0.15, -0.1) is 0 Å². The number of benzene rings is 2. The molecule has 1 saturated carbocycles. The summed E-state index contributed by atoms with van der Waals surface area (Å²) in [5.41, 5.74) is 8.75. The lowest BCUT2D eigenvalue weighted by Gasteiger charge is -2.32. The van der Waals surface area contributed by atoms with Crippen molar-refractivity contribution in [1.29, 1.82) is 0 Å². The highest BCUT2D eigenvalue weighted by atomic mass is 19.4. The number of halogens is 3. The Kier molecular flexibility index (Phi) is 9.17. The zero-order chi connectivity index (χ0) is 29.8. The second-order valence-electron chi connectivity index (χ2n) is 11.5. The summed E-state index contributed by atoms with van der Waals surface area (Å²) in [6.07, 6.45) is -0.317. The number of nitrogens with zero attached hydrogens (tertiary/aromatic N) is 1. The molecule has 1 atom stereocenters. The molecule has 1 aliphatic rings. The SMILES string of the molecule is C[C@@H](N)c1ccc(-c2ncc(NC(=O)C[C@H]3CC[C@H](NC(=O)C(C)(C)C(F)(F)F)CC3)cc2-c2ccccc2)cc1. The van der Waals surface area contributed by atoms with Crippen molar-refractivity contribution in [1.82, 2.24) is 10.3 Å². The molecule has 4 N–H and O–H groups in total. The molecular weight excluding hydrogens is 529 g/mol. The van der Waals surface area contributed by atoms with E-state index in [1.165, 1.54) is 0 Å². The molecule has 0 saturated heterocycles. The van der Waals surface area contributed by atoms with E-state index in [0.717, 1.165) is 41.8 Å². The fourth-order valence-corrected chi connectivity index (χ4v) is 5.03. The largest absolute Gasteiger partial charge is 0.402 e. The van der Waals surface area contributed by atoms with Crippen LogP contribution in [-0.2, 0) is 9.59 Å². The van der Waals surface area contributed by atoms with Crippen LogP contribution in [-0.4, -0.2) is 29.0 Å². The summed E-state index contributed by atoms with van der Waals surface area (Å²) < 4.78 is 39.5. The molecule has 1 aromatic heterocycles. The van der Waals surface area contributed by atoms with E-state index in [1.54, 1.807) is 6.20 Å². The molecule has 3 aromatic rings. The predicted octanol–water partition coefficient (Wildman–Crippen LogP) is 7.03. The minimum Gasteiger partial charge on any atom is -0.353 e. The first-order valence-corrected chi connectivity index (χ1v) is 13.9. The Balaban J connectivity index is 1.40. The van der Waals surface area contributed by atoms with Gasteiger partial charge in [-0.25, -0.2) is 0 Å². The monoisotopic (exact) mass is 566 g/mol. The fraction of sp³-hybridized carbons (Fsp3) is 0.406. The Bertz CT molecular complexity index is 1350. The van der Waals surface area contributed by atoms with E-state index in [2.05, 4.69) is 10.6 Å². The molecule has 9 heteroatoms. The van der Waals surface area contributed by atoms with Crippen LogP contribution in [0.3, 0.4) is 0 Å². The number of anilines is 1. The summed E-state index contributed by atoms with van der Waals surface area (Å²) >= 11 is 0. The zero-order valence-corrected chi connectivity index (χ0v) is 23.6.